The van der Waals surface area contributed by atoms with Crippen molar-refractivity contribution in [3.05, 3.63) is 30.1 Å². The quantitative estimate of drug-likeness (QED) is 0.323. The van der Waals surface area contributed by atoms with E-state index >= 15 is 0 Å². The number of hydrogen-bond donors (Lipinski definition) is 4. The van der Waals surface area contributed by atoms with Crippen LogP contribution in [-0.2, 0) is 19.2 Å². The second-order valence-electron chi connectivity index (χ2n) is 9.74. The summed E-state index contributed by atoms with van der Waals surface area (Å²) in [4.78, 5) is 66.4. The highest BCUT2D eigenvalue weighted by Gasteiger charge is 2.31. The van der Waals surface area contributed by atoms with E-state index in [4.69, 9.17) is 0 Å². The Balaban J connectivity index is 2.07. The van der Waals surface area contributed by atoms with Gasteiger partial charge in [-0.1, -0.05) is 27.7 Å². The van der Waals surface area contributed by atoms with E-state index in [1.54, 1.807) is 26.0 Å². The molecule has 0 aromatic carbocycles. The summed E-state index contributed by atoms with van der Waals surface area (Å²) in [5.74, 6) is -2.02. The van der Waals surface area contributed by atoms with Crippen LogP contribution in [0.3, 0.4) is 0 Å². The number of carbonyl (C=O) groups is 5. The van der Waals surface area contributed by atoms with Gasteiger partial charge in [0.1, 0.15) is 18.4 Å². The van der Waals surface area contributed by atoms with Gasteiger partial charge in [-0.2, -0.15) is 0 Å². The third-order valence-electron chi connectivity index (χ3n) is 5.95. The molecule has 1 fully saturated rings. The van der Waals surface area contributed by atoms with Gasteiger partial charge in [0, 0.05) is 30.4 Å². The molecule has 1 aromatic heterocycles. The summed E-state index contributed by atoms with van der Waals surface area (Å²) in [6.07, 6.45) is 5.64. The minimum Gasteiger partial charge on any atom is -0.356 e. The highest BCUT2D eigenvalue weighted by molar-refractivity contribution is 5.98. The lowest BCUT2D eigenvalue weighted by atomic mass is 9.91. The number of aromatic nitrogens is 1. The Morgan fingerprint density at radius 3 is 2.34 bits per heavy atom. The van der Waals surface area contributed by atoms with Crippen LogP contribution in [0, 0.1) is 17.8 Å². The fourth-order valence-corrected chi connectivity index (χ4v) is 4.03. The monoisotopic (exact) mass is 487 g/mol. The molecule has 0 saturated carbocycles. The maximum Gasteiger partial charge on any atom is 0.252 e. The van der Waals surface area contributed by atoms with Crippen LogP contribution in [0.15, 0.2) is 24.5 Å². The van der Waals surface area contributed by atoms with Crippen molar-refractivity contribution in [2.75, 3.05) is 6.54 Å². The number of aldehydes is 1. The Kier molecular flexibility index (Phi) is 10.8. The number of rotatable bonds is 12. The molecule has 0 aliphatic carbocycles. The van der Waals surface area contributed by atoms with Crippen LogP contribution in [0.25, 0.3) is 0 Å². The van der Waals surface area contributed by atoms with Gasteiger partial charge in [-0.15, -0.1) is 0 Å². The third kappa shape index (κ3) is 8.77. The Morgan fingerprint density at radius 2 is 1.77 bits per heavy atom. The van der Waals surface area contributed by atoms with Crippen molar-refractivity contribution in [3.63, 3.8) is 0 Å². The molecule has 10 heteroatoms. The van der Waals surface area contributed by atoms with Crippen molar-refractivity contribution in [2.24, 2.45) is 17.8 Å². The average molecular weight is 488 g/mol. The molecule has 0 radical (unpaired) electrons. The zero-order chi connectivity index (χ0) is 26.0. The summed E-state index contributed by atoms with van der Waals surface area (Å²) >= 11 is 0. The number of piperidine rings is 1. The van der Waals surface area contributed by atoms with E-state index in [9.17, 15) is 24.0 Å². The number of carbonyl (C=O) groups excluding carboxylic acids is 5. The first-order chi connectivity index (χ1) is 16.6. The molecule has 4 atom stereocenters. The maximum atomic E-state index is 13.1. The standard InChI is InChI=1S/C25H37N5O5/c1-15(2)12-20(24(34)28-19(14-31)13-18-6-5-9-27-22(18)32)29-25(35)21(16(3)4)30-23(33)17-7-10-26-11-8-17/h7-8,10-11,14-16,18-21H,5-6,9,12-13H2,1-4H3,(H,27,32)(H,28,34)(H,29,35)(H,30,33). The van der Waals surface area contributed by atoms with Gasteiger partial charge >= 0.3 is 0 Å². The molecule has 1 aliphatic heterocycles. The normalized spacial score (nSPS) is 18.2. The van der Waals surface area contributed by atoms with Crippen LogP contribution >= 0.6 is 0 Å². The fourth-order valence-electron chi connectivity index (χ4n) is 4.03. The lowest BCUT2D eigenvalue weighted by Crippen LogP contribution is -2.57. The van der Waals surface area contributed by atoms with Gasteiger partial charge in [0.15, 0.2) is 0 Å². The summed E-state index contributed by atoms with van der Waals surface area (Å²) in [7, 11) is 0. The van der Waals surface area contributed by atoms with Gasteiger partial charge in [0.2, 0.25) is 17.7 Å². The molecular weight excluding hydrogens is 450 g/mol. The summed E-state index contributed by atoms with van der Waals surface area (Å²) < 4.78 is 0. The molecule has 192 valence electrons. The molecule has 4 N–H and O–H groups in total. The molecule has 0 bridgehead atoms. The molecule has 1 saturated heterocycles. The number of amides is 4. The van der Waals surface area contributed by atoms with Gasteiger partial charge < -0.3 is 26.1 Å². The van der Waals surface area contributed by atoms with Gasteiger partial charge in [0.25, 0.3) is 5.91 Å². The molecule has 4 unspecified atom stereocenters. The Hall–Kier alpha value is -3.30. The Labute approximate surface area is 206 Å². The number of pyridine rings is 1. The van der Waals surface area contributed by atoms with Crippen LogP contribution in [0.2, 0.25) is 0 Å². The van der Waals surface area contributed by atoms with Crippen LogP contribution < -0.4 is 21.3 Å². The third-order valence-corrected chi connectivity index (χ3v) is 5.95. The SMILES string of the molecule is CC(C)CC(NC(=O)C(NC(=O)c1ccncc1)C(C)C)C(=O)NC(C=O)CC1CCCNC1=O. The minimum atomic E-state index is -0.899. The smallest absolute Gasteiger partial charge is 0.252 e. The van der Waals surface area contributed by atoms with E-state index in [2.05, 4.69) is 26.3 Å². The molecule has 2 rings (SSSR count). The van der Waals surface area contributed by atoms with Crippen LogP contribution in [-0.4, -0.2) is 59.6 Å². The van der Waals surface area contributed by atoms with E-state index in [-0.39, 0.29) is 30.1 Å². The first kappa shape index (κ1) is 27.9. The van der Waals surface area contributed by atoms with E-state index < -0.39 is 35.8 Å². The highest BCUT2D eigenvalue weighted by atomic mass is 16.2. The minimum absolute atomic E-state index is 0.0776. The molecular formula is C25H37N5O5. The van der Waals surface area contributed by atoms with Crippen molar-refractivity contribution >= 4 is 29.9 Å². The molecule has 1 aromatic rings. The Morgan fingerprint density at radius 1 is 1.09 bits per heavy atom. The summed E-state index contributed by atoms with van der Waals surface area (Å²) in [5, 5.41) is 10.9. The Bertz CT molecular complexity index is 889. The van der Waals surface area contributed by atoms with Crippen LogP contribution in [0.4, 0.5) is 0 Å². The largest absolute Gasteiger partial charge is 0.356 e. The number of nitrogens with one attached hydrogen (secondary N) is 4. The van der Waals surface area contributed by atoms with Crippen LogP contribution in [0.5, 0.6) is 0 Å². The molecule has 0 spiro atoms. The zero-order valence-corrected chi connectivity index (χ0v) is 20.9. The maximum absolute atomic E-state index is 13.1. The summed E-state index contributed by atoms with van der Waals surface area (Å²) in [6.45, 7) is 8.05. The van der Waals surface area contributed by atoms with Gasteiger partial charge in [-0.3, -0.25) is 24.2 Å². The van der Waals surface area contributed by atoms with E-state index in [0.717, 1.165) is 6.42 Å². The van der Waals surface area contributed by atoms with Gasteiger partial charge in [0.05, 0.1) is 6.04 Å². The average Bonchev–Trinajstić information content (AvgIpc) is 2.82. The van der Waals surface area contributed by atoms with Crippen molar-refractivity contribution in [1.82, 2.24) is 26.3 Å². The van der Waals surface area contributed by atoms with Crippen molar-refractivity contribution in [1.29, 1.82) is 0 Å². The highest BCUT2D eigenvalue weighted by Crippen LogP contribution is 2.17. The first-order valence-corrected chi connectivity index (χ1v) is 12.2. The fraction of sp³-hybridized carbons (Fsp3) is 0.600. The zero-order valence-electron chi connectivity index (χ0n) is 20.9. The van der Waals surface area contributed by atoms with Crippen molar-refractivity contribution in [2.45, 2.75) is 71.5 Å². The molecule has 35 heavy (non-hydrogen) atoms. The van der Waals surface area contributed by atoms with Crippen LogP contribution in [0.1, 0.15) is 63.7 Å². The molecule has 2 heterocycles. The van der Waals surface area contributed by atoms with E-state index in [1.807, 2.05) is 13.8 Å². The predicted octanol–water partition coefficient (Wildman–Crippen LogP) is 0.967. The van der Waals surface area contributed by atoms with Crippen molar-refractivity contribution in [3.8, 4) is 0 Å². The lowest BCUT2D eigenvalue weighted by molar-refractivity contribution is -0.132. The second-order valence-corrected chi connectivity index (χ2v) is 9.74. The van der Waals surface area contributed by atoms with Gasteiger partial charge in [-0.25, -0.2) is 0 Å². The van der Waals surface area contributed by atoms with Crippen molar-refractivity contribution < 1.29 is 24.0 Å². The van der Waals surface area contributed by atoms with Gasteiger partial charge in [-0.05, 0) is 49.7 Å². The van der Waals surface area contributed by atoms with E-state index in [0.29, 0.717) is 31.2 Å². The van der Waals surface area contributed by atoms with E-state index in [1.165, 1.54) is 12.4 Å². The lowest BCUT2D eigenvalue weighted by Gasteiger charge is -2.28. The molecule has 10 nitrogen and oxygen atoms in total. The summed E-state index contributed by atoms with van der Waals surface area (Å²) in [5.41, 5.74) is 0.371. The number of nitrogens with zero attached hydrogens (tertiary/aromatic N) is 1. The predicted molar refractivity (Wildman–Crippen MR) is 130 cm³/mol. The molecule has 4 amide bonds. The molecule has 1 aliphatic rings. The summed E-state index contributed by atoms with van der Waals surface area (Å²) in [6, 6.07) is 0.489. The number of hydrogen-bond acceptors (Lipinski definition) is 6. The first-order valence-electron chi connectivity index (χ1n) is 12.2. The second kappa shape index (κ2) is 13.6. The topological polar surface area (TPSA) is 146 Å².